The van der Waals surface area contributed by atoms with Crippen LogP contribution in [0.5, 0.6) is 11.5 Å². The van der Waals surface area contributed by atoms with E-state index in [9.17, 15) is 4.79 Å². The number of carbonyl (C=O) groups is 1. The van der Waals surface area contributed by atoms with Crippen molar-refractivity contribution >= 4 is 11.6 Å². The zero-order valence-electron chi connectivity index (χ0n) is 15.6. The molecular formula is C19H16N6O4. The average Bonchev–Trinajstić information content (AvgIpc) is 3.44. The third-order valence-electron chi connectivity index (χ3n) is 3.97. The summed E-state index contributed by atoms with van der Waals surface area (Å²) in [6, 6.07) is 14.4. The van der Waals surface area contributed by atoms with Gasteiger partial charge in [0.2, 0.25) is 5.82 Å². The molecule has 0 aliphatic rings. The fourth-order valence-corrected chi connectivity index (χ4v) is 2.56. The van der Waals surface area contributed by atoms with E-state index < -0.39 is 5.91 Å². The van der Waals surface area contributed by atoms with Crippen LogP contribution in [0.4, 0.5) is 5.69 Å². The van der Waals surface area contributed by atoms with Gasteiger partial charge in [0.1, 0.15) is 11.5 Å². The Morgan fingerprint density at radius 3 is 2.48 bits per heavy atom. The first kappa shape index (κ1) is 18.2. The number of aromatic nitrogens is 5. The Bertz CT molecular complexity index is 1120. The van der Waals surface area contributed by atoms with Gasteiger partial charge in [0.25, 0.3) is 0 Å². The van der Waals surface area contributed by atoms with Crippen molar-refractivity contribution in [3.05, 3.63) is 60.6 Å². The number of anilines is 1. The van der Waals surface area contributed by atoms with Gasteiger partial charge in [-0.25, -0.2) is 4.68 Å². The highest BCUT2D eigenvalue weighted by Crippen LogP contribution is 2.26. The summed E-state index contributed by atoms with van der Waals surface area (Å²) in [5, 5.41) is 14.5. The minimum atomic E-state index is -0.575. The summed E-state index contributed by atoms with van der Waals surface area (Å²) >= 11 is 0. The zero-order valence-corrected chi connectivity index (χ0v) is 15.6. The highest BCUT2D eigenvalue weighted by atomic mass is 16.5. The Balaban J connectivity index is 1.52. The molecule has 2 heterocycles. The Morgan fingerprint density at radius 2 is 1.79 bits per heavy atom. The molecule has 0 radical (unpaired) electrons. The molecule has 29 heavy (non-hydrogen) atoms. The van der Waals surface area contributed by atoms with Crippen LogP contribution in [-0.4, -0.2) is 45.3 Å². The molecule has 10 heteroatoms. The topological polar surface area (TPSA) is 117 Å². The van der Waals surface area contributed by atoms with E-state index in [0.29, 0.717) is 22.9 Å². The van der Waals surface area contributed by atoms with Crippen molar-refractivity contribution < 1.29 is 18.8 Å². The molecule has 0 unspecified atom stereocenters. The van der Waals surface area contributed by atoms with Crippen molar-refractivity contribution in [3.63, 3.8) is 0 Å². The second kappa shape index (κ2) is 7.80. The van der Waals surface area contributed by atoms with Gasteiger partial charge in [-0.2, -0.15) is 4.98 Å². The van der Waals surface area contributed by atoms with Gasteiger partial charge < -0.3 is 19.3 Å². The van der Waals surface area contributed by atoms with Gasteiger partial charge in [0.05, 0.1) is 26.1 Å². The molecule has 0 atom stereocenters. The minimum Gasteiger partial charge on any atom is -0.497 e. The van der Waals surface area contributed by atoms with Crippen molar-refractivity contribution in [3.8, 4) is 28.7 Å². The molecule has 10 nitrogen and oxygen atoms in total. The SMILES string of the molecule is COc1cc(NC(=O)c2nc(-c3cn(-c4ccccc4)nn3)no2)cc(OC)c1. The second-order valence-corrected chi connectivity index (χ2v) is 5.86. The third-order valence-corrected chi connectivity index (χ3v) is 3.97. The van der Waals surface area contributed by atoms with Crippen molar-refractivity contribution in [2.75, 3.05) is 19.5 Å². The normalized spacial score (nSPS) is 10.6. The predicted molar refractivity (Wildman–Crippen MR) is 102 cm³/mol. The standard InChI is InChI=1S/C19H16N6O4/c1-27-14-8-12(9-15(10-14)28-2)20-18(26)19-21-17(23-29-19)16-11-25(24-22-16)13-6-4-3-5-7-13/h3-11H,1-2H3,(H,20,26). The molecule has 0 bridgehead atoms. The maximum absolute atomic E-state index is 12.5. The van der Waals surface area contributed by atoms with Gasteiger partial charge >= 0.3 is 11.8 Å². The molecule has 0 spiro atoms. The van der Waals surface area contributed by atoms with E-state index >= 15 is 0 Å². The first-order chi connectivity index (χ1) is 14.2. The fourth-order valence-electron chi connectivity index (χ4n) is 2.56. The lowest BCUT2D eigenvalue weighted by Crippen LogP contribution is -2.12. The summed E-state index contributed by atoms with van der Waals surface area (Å²) in [4.78, 5) is 16.6. The second-order valence-electron chi connectivity index (χ2n) is 5.86. The number of rotatable bonds is 6. The number of ether oxygens (including phenoxy) is 2. The van der Waals surface area contributed by atoms with Crippen LogP contribution in [-0.2, 0) is 0 Å². The number of para-hydroxylation sites is 1. The van der Waals surface area contributed by atoms with Crippen LogP contribution in [0.15, 0.2) is 59.3 Å². The lowest BCUT2D eigenvalue weighted by atomic mass is 10.2. The van der Waals surface area contributed by atoms with E-state index in [1.54, 1.807) is 29.1 Å². The monoisotopic (exact) mass is 392 g/mol. The van der Waals surface area contributed by atoms with Gasteiger partial charge in [0.15, 0.2) is 5.69 Å². The molecule has 4 aromatic rings. The molecule has 0 fully saturated rings. The minimum absolute atomic E-state index is 0.153. The highest BCUT2D eigenvalue weighted by Gasteiger charge is 2.19. The van der Waals surface area contributed by atoms with E-state index in [2.05, 4.69) is 25.8 Å². The number of carbonyl (C=O) groups excluding carboxylic acids is 1. The van der Waals surface area contributed by atoms with E-state index in [1.165, 1.54) is 14.2 Å². The summed E-state index contributed by atoms with van der Waals surface area (Å²) in [6.45, 7) is 0. The summed E-state index contributed by atoms with van der Waals surface area (Å²) in [5.41, 5.74) is 1.67. The third kappa shape index (κ3) is 3.90. The van der Waals surface area contributed by atoms with E-state index in [1.807, 2.05) is 30.3 Å². The van der Waals surface area contributed by atoms with Gasteiger partial charge in [-0.05, 0) is 12.1 Å². The van der Waals surface area contributed by atoms with Crippen LogP contribution in [0.1, 0.15) is 10.7 Å². The Morgan fingerprint density at radius 1 is 1.07 bits per heavy atom. The van der Waals surface area contributed by atoms with E-state index in [-0.39, 0.29) is 11.7 Å². The largest absolute Gasteiger partial charge is 0.497 e. The Hall–Kier alpha value is -4.21. The summed E-state index contributed by atoms with van der Waals surface area (Å²) in [7, 11) is 3.04. The van der Waals surface area contributed by atoms with Crippen LogP contribution in [0.3, 0.4) is 0 Å². The van der Waals surface area contributed by atoms with Crippen LogP contribution in [0, 0.1) is 0 Å². The summed E-state index contributed by atoms with van der Waals surface area (Å²) < 4.78 is 17.0. The number of benzene rings is 2. The van der Waals surface area contributed by atoms with Gasteiger partial charge in [-0.1, -0.05) is 28.6 Å². The molecule has 0 aliphatic heterocycles. The van der Waals surface area contributed by atoms with Gasteiger partial charge in [-0.3, -0.25) is 4.79 Å². The zero-order chi connectivity index (χ0) is 20.2. The molecule has 0 aliphatic carbocycles. The summed E-state index contributed by atoms with van der Waals surface area (Å²) in [5.74, 6) is 0.429. The lowest BCUT2D eigenvalue weighted by molar-refractivity contribution is 0.0981. The first-order valence-corrected chi connectivity index (χ1v) is 8.52. The van der Waals surface area contributed by atoms with Crippen LogP contribution in [0.25, 0.3) is 17.2 Å². The number of amides is 1. The number of hydrogen-bond acceptors (Lipinski definition) is 8. The van der Waals surface area contributed by atoms with E-state index in [0.717, 1.165) is 5.69 Å². The van der Waals surface area contributed by atoms with Crippen molar-refractivity contribution in [2.24, 2.45) is 0 Å². The first-order valence-electron chi connectivity index (χ1n) is 8.52. The maximum atomic E-state index is 12.5. The average molecular weight is 392 g/mol. The summed E-state index contributed by atoms with van der Waals surface area (Å²) in [6.07, 6.45) is 1.65. The molecule has 1 N–H and O–H groups in total. The van der Waals surface area contributed by atoms with Gasteiger partial charge in [0, 0.05) is 23.9 Å². The van der Waals surface area contributed by atoms with Crippen molar-refractivity contribution in [1.29, 1.82) is 0 Å². The van der Waals surface area contributed by atoms with Crippen LogP contribution in [0.2, 0.25) is 0 Å². The molecule has 1 amide bonds. The Kier molecular flexibility index (Phi) is 4.89. The molecule has 2 aromatic heterocycles. The molecule has 0 saturated heterocycles. The highest BCUT2D eigenvalue weighted by molar-refractivity contribution is 6.01. The number of hydrogen-bond donors (Lipinski definition) is 1. The maximum Gasteiger partial charge on any atom is 0.316 e. The Labute approximate surface area is 165 Å². The van der Waals surface area contributed by atoms with Crippen LogP contribution < -0.4 is 14.8 Å². The van der Waals surface area contributed by atoms with E-state index in [4.69, 9.17) is 14.0 Å². The number of nitrogens with one attached hydrogen (secondary N) is 1. The quantitative estimate of drug-likeness (QED) is 0.532. The molecule has 4 rings (SSSR count). The van der Waals surface area contributed by atoms with Gasteiger partial charge in [-0.15, -0.1) is 5.10 Å². The predicted octanol–water partition coefficient (Wildman–Crippen LogP) is 2.59. The molecule has 146 valence electrons. The number of methoxy groups -OCH3 is 2. The van der Waals surface area contributed by atoms with Crippen molar-refractivity contribution in [2.45, 2.75) is 0 Å². The molecular weight excluding hydrogens is 376 g/mol. The lowest BCUT2D eigenvalue weighted by Gasteiger charge is -2.08. The smallest absolute Gasteiger partial charge is 0.316 e. The van der Waals surface area contributed by atoms with Crippen LogP contribution >= 0.6 is 0 Å². The number of nitrogens with zero attached hydrogens (tertiary/aromatic N) is 5. The molecule has 0 saturated carbocycles. The molecule has 2 aromatic carbocycles. The van der Waals surface area contributed by atoms with Crippen molar-refractivity contribution in [1.82, 2.24) is 25.1 Å². The fraction of sp³-hybridized carbons (Fsp3) is 0.105.